The van der Waals surface area contributed by atoms with E-state index in [9.17, 15) is 0 Å². The summed E-state index contributed by atoms with van der Waals surface area (Å²) in [6.45, 7) is 3.96. The van der Waals surface area contributed by atoms with Gasteiger partial charge in [0.05, 0.1) is 25.9 Å². The molecule has 0 amide bonds. The molecule has 2 aromatic carbocycles. The Morgan fingerprint density at radius 1 is 0.792 bits per heavy atom. The second-order valence-electron chi connectivity index (χ2n) is 6.08. The van der Waals surface area contributed by atoms with Crippen LogP contribution in [0.1, 0.15) is 0 Å². The first-order valence-corrected chi connectivity index (χ1v) is 8.39. The third kappa shape index (κ3) is 2.75. The Bertz CT molecular complexity index is 841. The minimum absolute atomic E-state index is 0.947. The van der Waals surface area contributed by atoms with E-state index in [0.717, 1.165) is 31.9 Å². The fraction of sp³-hybridized carbons (Fsp3) is 0.250. The van der Waals surface area contributed by atoms with E-state index in [4.69, 9.17) is 4.74 Å². The molecule has 1 aliphatic heterocycles. The molecule has 0 atom stereocenters. The van der Waals surface area contributed by atoms with Crippen LogP contribution >= 0.6 is 0 Å². The van der Waals surface area contributed by atoms with Crippen molar-refractivity contribution < 1.29 is 9.72 Å². The molecule has 4 rings (SSSR count). The summed E-state index contributed by atoms with van der Waals surface area (Å²) in [6.07, 6.45) is 0. The largest absolute Gasteiger partial charge is 0.495 e. The average Bonchev–Trinajstić information content (AvgIpc) is 2.67. The van der Waals surface area contributed by atoms with Crippen molar-refractivity contribution in [1.29, 1.82) is 0 Å². The van der Waals surface area contributed by atoms with Gasteiger partial charge in [-0.2, -0.15) is 0 Å². The Balaban J connectivity index is 1.51. The fourth-order valence-electron chi connectivity index (χ4n) is 3.37. The van der Waals surface area contributed by atoms with Crippen LogP contribution in [-0.4, -0.2) is 33.3 Å². The van der Waals surface area contributed by atoms with Crippen molar-refractivity contribution in [3.63, 3.8) is 0 Å². The molecule has 1 N–H and O–H groups in total. The maximum atomic E-state index is 5.50. The monoisotopic (exact) mass is 320 g/mol. The number of anilines is 2. The maximum absolute atomic E-state index is 5.50. The van der Waals surface area contributed by atoms with Gasteiger partial charge in [-0.25, -0.2) is 4.98 Å². The molecule has 0 spiro atoms. The zero-order valence-electron chi connectivity index (χ0n) is 13.9. The van der Waals surface area contributed by atoms with Crippen molar-refractivity contribution in [2.75, 3.05) is 43.1 Å². The van der Waals surface area contributed by atoms with Gasteiger partial charge in [-0.3, -0.25) is 4.90 Å². The van der Waals surface area contributed by atoms with Crippen LogP contribution < -0.4 is 19.5 Å². The van der Waals surface area contributed by atoms with Crippen LogP contribution in [0.3, 0.4) is 0 Å². The number of para-hydroxylation sites is 3. The summed E-state index contributed by atoms with van der Waals surface area (Å²) in [7, 11) is 1.74. The van der Waals surface area contributed by atoms with Crippen LogP contribution in [0.2, 0.25) is 0 Å². The maximum Gasteiger partial charge on any atom is 0.274 e. The summed E-state index contributed by atoms with van der Waals surface area (Å²) in [5.74, 6) is 2.14. The summed E-state index contributed by atoms with van der Waals surface area (Å²) >= 11 is 0. The topological polar surface area (TPSA) is 29.9 Å². The molecule has 0 aliphatic carbocycles. The second kappa shape index (κ2) is 6.40. The van der Waals surface area contributed by atoms with Crippen LogP contribution in [-0.2, 0) is 0 Å². The summed E-state index contributed by atoms with van der Waals surface area (Å²) in [4.78, 5) is 8.37. The van der Waals surface area contributed by atoms with Gasteiger partial charge >= 0.3 is 0 Å². The van der Waals surface area contributed by atoms with Gasteiger partial charge in [0.25, 0.3) is 5.82 Å². The van der Waals surface area contributed by atoms with Crippen molar-refractivity contribution in [3.8, 4) is 5.75 Å². The van der Waals surface area contributed by atoms with Crippen molar-refractivity contribution >= 4 is 22.4 Å². The lowest BCUT2D eigenvalue weighted by atomic mass is 10.2. The minimum Gasteiger partial charge on any atom is -0.495 e. The smallest absolute Gasteiger partial charge is 0.274 e. The van der Waals surface area contributed by atoms with Gasteiger partial charge < -0.3 is 9.64 Å². The van der Waals surface area contributed by atoms with Crippen molar-refractivity contribution in [2.45, 2.75) is 0 Å². The Labute approximate surface area is 142 Å². The highest BCUT2D eigenvalue weighted by Crippen LogP contribution is 2.28. The van der Waals surface area contributed by atoms with Crippen molar-refractivity contribution in [1.82, 2.24) is 0 Å². The first kappa shape index (κ1) is 14.8. The van der Waals surface area contributed by atoms with Gasteiger partial charge in [-0.1, -0.05) is 30.3 Å². The van der Waals surface area contributed by atoms with E-state index in [1.165, 1.54) is 22.4 Å². The SMILES string of the molecule is COc1ccccc1N1CCN(c2ccc3ccccc3[nH+]2)CC1. The molecule has 1 aliphatic rings. The summed E-state index contributed by atoms with van der Waals surface area (Å²) < 4.78 is 5.50. The molecule has 4 nitrogen and oxygen atoms in total. The van der Waals surface area contributed by atoms with E-state index >= 15 is 0 Å². The van der Waals surface area contributed by atoms with Gasteiger partial charge in [-0.05, 0) is 24.3 Å². The van der Waals surface area contributed by atoms with Crippen LogP contribution in [0, 0.1) is 0 Å². The third-order valence-corrected chi connectivity index (χ3v) is 4.69. The predicted octanol–water partition coefficient (Wildman–Crippen LogP) is 2.99. The average molecular weight is 320 g/mol. The molecular weight excluding hydrogens is 298 g/mol. The van der Waals surface area contributed by atoms with Crippen LogP contribution in [0.15, 0.2) is 60.7 Å². The molecular formula is C20H22N3O+. The van der Waals surface area contributed by atoms with Gasteiger partial charge in [0, 0.05) is 11.5 Å². The standard InChI is InChI=1S/C20H21N3O/c1-24-19-9-5-4-8-18(19)22-12-14-23(15-13-22)20-11-10-16-6-2-3-7-17(16)21-20/h2-11H,12-15H2,1H3/p+1. The van der Waals surface area contributed by atoms with E-state index in [2.05, 4.69) is 63.3 Å². The number of hydrogen-bond donors (Lipinski definition) is 0. The number of aromatic amines is 1. The first-order valence-electron chi connectivity index (χ1n) is 8.39. The molecule has 4 heteroatoms. The van der Waals surface area contributed by atoms with Gasteiger partial charge in [0.1, 0.15) is 24.4 Å². The van der Waals surface area contributed by atoms with Crippen LogP contribution in [0.5, 0.6) is 5.75 Å². The lowest BCUT2D eigenvalue weighted by Gasteiger charge is -2.33. The van der Waals surface area contributed by atoms with Gasteiger partial charge in [0.15, 0.2) is 0 Å². The Morgan fingerprint density at radius 2 is 1.50 bits per heavy atom. The molecule has 0 saturated carbocycles. The number of methoxy groups -OCH3 is 1. The summed E-state index contributed by atoms with van der Waals surface area (Å²) in [5, 5.41) is 1.24. The highest BCUT2D eigenvalue weighted by atomic mass is 16.5. The van der Waals surface area contributed by atoms with Gasteiger partial charge in [0.2, 0.25) is 0 Å². The van der Waals surface area contributed by atoms with Crippen molar-refractivity contribution in [3.05, 3.63) is 60.7 Å². The molecule has 3 aromatic rings. The van der Waals surface area contributed by atoms with E-state index in [0.29, 0.717) is 0 Å². The number of nitrogens with zero attached hydrogens (tertiary/aromatic N) is 2. The molecule has 0 radical (unpaired) electrons. The number of hydrogen-bond acceptors (Lipinski definition) is 3. The summed E-state index contributed by atoms with van der Waals surface area (Å²) in [5.41, 5.74) is 2.37. The van der Waals surface area contributed by atoms with Crippen LogP contribution in [0.25, 0.3) is 10.9 Å². The highest BCUT2D eigenvalue weighted by molar-refractivity contribution is 5.76. The first-order chi connectivity index (χ1) is 11.8. The number of fused-ring (bicyclic) bond motifs is 1. The van der Waals surface area contributed by atoms with Gasteiger partial charge in [-0.15, -0.1) is 0 Å². The Kier molecular flexibility index (Phi) is 3.95. The Morgan fingerprint density at radius 3 is 2.33 bits per heavy atom. The molecule has 1 aromatic heterocycles. The summed E-state index contributed by atoms with van der Waals surface area (Å²) in [6, 6.07) is 21.0. The zero-order chi connectivity index (χ0) is 16.4. The number of rotatable bonds is 3. The third-order valence-electron chi connectivity index (χ3n) is 4.69. The number of benzene rings is 2. The van der Waals surface area contributed by atoms with E-state index < -0.39 is 0 Å². The normalized spacial score (nSPS) is 14.9. The number of pyridine rings is 1. The number of nitrogens with one attached hydrogen (secondary N) is 1. The molecule has 0 unspecified atom stereocenters. The second-order valence-corrected chi connectivity index (χ2v) is 6.08. The van der Waals surface area contributed by atoms with E-state index in [-0.39, 0.29) is 0 Å². The molecule has 24 heavy (non-hydrogen) atoms. The quantitative estimate of drug-likeness (QED) is 0.743. The lowest BCUT2D eigenvalue weighted by Crippen LogP contribution is -2.48. The molecule has 1 saturated heterocycles. The number of aromatic nitrogens is 1. The highest BCUT2D eigenvalue weighted by Gasteiger charge is 2.25. The fourth-order valence-corrected chi connectivity index (χ4v) is 3.37. The predicted molar refractivity (Wildman–Crippen MR) is 97.9 cm³/mol. The molecule has 2 heterocycles. The van der Waals surface area contributed by atoms with Crippen LogP contribution in [0.4, 0.5) is 11.5 Å². The van der Waals surface area contributed by atoms with E-state index in [1.54, 1.807) is 7.11 Å². The zero-order valence-corrected chi connectivity index (χ0v) is 13.9. The number of piperazine rings is 1. The lowest BCUT2D eigenvalue weighted by molar-refractivity contribution is -0.330. The molecule has 122 valence electrons. The van der Waals surface area contributed by atoms with Crippen molar-refractivity contribution in [2.24, 2.45) is 0 Å². The number of ether oxygens (including phenoxy) is 1. The van der Waals surface area contributed by atoms with E-state index in [1.807, 2.05) is 12.1 Å². The Hall–Kier alpha value is -2.75. The molecule has 1 fully saturated rings. The number of H-pyrrole nitrogens is 1. The minimum atomic E-state index is 0.947. The molecule has 0 bridgehead atoms.